The van der Waals surface area contributed by atoms with Crippen molar-refractivity contribution in [2.75, 3.05) is 20.8 Å². The van der Waals surface area contributed by atoms with Gasteiger partial charge in [0, 0.05) is 12.7 Å². The molecule has 1 atom stereocenters. The van der Waals surface area contributed by atoms with Crippen molar-refractivity contribution in [3.05, 3.63) is 29.5 Å². The smallest absolute Gasteiger partial charge is 0.161 e. The molecule has 90 valence electrons. The van der Waals surface area contributed by atoms with Crippen LogP contribution in [0.2, 0.25) is 0 Å². The van der Waals surface area contributed by atoms with Crippen LogP contribution >= 0.6 is 0 Å². The monoisotopic (exact) mass is 231 g/mol. The molecule has 1 aromatic carbocycles. The number of benzene rings is 1. The minimum Gasteiger partial charge on any atom is -0.493 e. The van der Waals surface area contributed by atoms with Gasteiger partial charge in [0.25, 0.3) is 0 Å². The highest BCUT2D eigenvalue weighted by atomic mass is 16.5. The molecule has 2 heterocycles. The topological polar surface area (TPSA) is 21.7 Å². The summed E-state index contributed by atoms with van der Waals surface area (Å²) in [4.78, 5) is 2.41. The van der Waals surface area contributed by atoms with Gasteiger partial charge in [-0.05, 0) is 42.2 Å². The van der Waals surface area contributed by atoms with E-state index in [0.717, 1.165) is 18.0 Å². The molecule has 0 saturated carbocycles. The van der Waals surface area contributed by atoms with Crippen LogP contribution in [0.15, 0.2) is 18.3 Å². The lowest BCUT2D eigenvalue weighted by molar-refractivity contribution is 0.341. The van der Waals surface area contributed by atoms with Gasteiger partial charge < -0.3 is 14.4 Å². The third-order valence-electron chi connectivity index (χ3n) is 3.69. The first kappa shape index (κ1) is 10.5. The van der Waals surface area contributed by atoms with Crippen molar-refractivity contribution in [3.8, 4) is 11.5 Å². The lowest BCUT2D eigenvalue weighted by Crippen LogP contribution is -2.20. The van der Waals surface area contributed by atoms with Crippen molar-refractivity contribution in [1.82, 2.24) is 4.90 Å². The summed E-state index contributed by atoms with van der Waals surface area (Å²) in [5, 5.41) is 0. The SMILES string of the molecule is COc1cc2c(cc1OC)C1CCCN1C=C2. The zero-order valence-electron chi connectivity index (χ0n) is 10.3. The molecule has 1 saturated heterocycles. The Kier molecular flexibility index (Phi) is 2.46. The number of fused-ring (bicyclic) bond motifs is 3. The number of nitrogens with zero attached hydrogens (tertiary/aromatic N) is 1. The van der Waals surface area contributed by atoms with E-state index in [1.54, 1.807) is 14.2 Å². The maximum atomic E-state index is 5.38. The molecule has 0 aliphatic carbocycles. The van der Waals surface area contributed by atoms with Gasteiger partial charge in [-0.3, -0.25) is 0 Å². The molecule has 2 aliphatic rings. The summed E-state index contributed by atoms with van der Waals surface area (Å²) in [6.45, 7) is 1.16. The lowest BCUT2D eigenvalue weighted by atomic mass is 9.95. The fourth-order valence-corrected chi connectivity index (χ4v) is 2.82. The summed E-state index contributed by atoms with van der Waals surface area (Å²) in [7, 11) is 3.37. The van der Waals surface area contributed by atoms with Crippen LogP contribution in [0.3, 0.4) is 0 Å². The Balaban J connectivity index is 2.10. The molecule has 0 bridgehead atoms. The Morgan fingerprint density at radius 1 is 1.18 bits per heavy atom. The van der Waals surface area contributed by atoms with Crippen LogP contribution in [0.5, 0.6) is 11.5 Å². The molecule has 0 aromatic heterocycles. The number of rotatable bonds is 2. The number of methoxy groups -OCH3 is 2. The standard InChI is InChI=1S/C14H17NO2/c1-16-13-8-10-5-7-15-6-3-4-12(15)11(10)9-14(13)17-2/h5,7-9,12H,3-4,6H2,1-2H3. The molecule has 3 rings (SSSR count). The second-order valence-electron chi connectivity index (χ2n) is 4.55. The predicted octanol–water partition coefficient (Wildman–Crippen LogP) is 2.83. The van der Waals surface area contributed by atoms with Gasteiger partial charge in [-0.1, -0.05) is 0 Å². The zero-order valence-corrected chi connectivity index (χ0v) is 10.3. The minimum absolute atomic E-state index is 0.523. The normalized spacial score (nSPS) is 21.1. The predicted molar refractivity (Wildman–Crippen MR) is 67.3 cm³/mol. The quantitative estimate of drug-likeness (QED) is 0.781. The molecule has 0 N–H and O–H groups in total. The van der Waals surface area contributed by atoms with Crippen LogP contribution in [0.4, 0.5) is 0 Å². The molecular weight excluding hydrogens is 214 g/mol. The van der Waals surface area contributed by atoms with E-state index < -0.39 is 0 Å². The highest BCUT2D eigenvalue weighted by molar-refractivity contribution is 5.63. The molecule has 1 aromatic rings. The second-order valence-corrected chi connectivity index (χ2v) is 4.55. The van der Waals surface area contributed by atoms with Gasteiger partial charge in [-0.2, -0.15) is 0 Å². The van der Waals surface area contributed by atoms with E-state index in [0.29, 0.717) is 6.04 Å². The van der Waals surface area contributed by atoms with Crippen LogP contribution in [-0.4, -0.2) is 25.7 Å². The maximum Gasteiger partial charge on any atom is 0.161 e. The van der Waals surface area contributed by atoms with Crippen molar-refractivity contribution in [1.29, 1.82) is 0 Å². The first-order valence-corrected chi connectivity index (χ1v) is 6.03. The van der Waals surface area contributed by atoms with E-state index in [-0.39, 0.29) is 0 Å². The molecule has 17 heavy (non-hydrogen) atoms. The molecular formula is C14H17NO2. The summed E-state index contributed by atoms with van der Waals surface area (Å²) in [6.07, 6.45) is 6.86. The highest BCUT2D eigenvalue weighted by Gasteiger charge is 2.28. The molecule has 0 spiro atoms. The Morgan fingerprint density at radius 3 is 2.71 bits per heavy atom. The van der Waals surface area contributed by atoms with E-state index in [4.69, 9.17) is 9.47 Å². The fourth-order valence-electron chi connectivity index (χ4n) is 2.82. The number of hydrogen-bond acceptors (Lipinski definition) is 3. The first-order chi connectivity index (χ1) is 8.33. The van der Waals surface area contributed by atoms with E-state index >= 15 is 0 Å². The van der Waals surface area contributed by atoms with Gasteiger partial charge in [-0.15, -0.1) is 0 Å². The first-order valence-electron chi connectivity index (χ1n) is 6.03. The lowest BCUT2D eigenvalue weighted by Gasteiger charge is -2.29. The van der Waals surface area contributed by atoms with Crippen molar-refractivity contribution >= 4 is 6.08 Å². The number of hydrogen-bond donors (Lipinski definition) is 0. The number of ether oxygens (including phenoxy) is 2. The molecule has 1 unspecified atom stereocenters. The van der Waals surface area contributed by atoms with Crippen molar-refractivity contribution in [2.24, 2.45) is 0 Å². The molecule has 0 amide bonds. The van der Waals surface area contributed by atoms with Crippen LogP contribution in [-0.2, 0) is 0 Å². The average Bonchev–Trinajstić information content (AvgIpc) is 2.85. The van der Waals surface area contributed by atoms with Crippen molar-refractivity contribution in [2.45, 2.75) is 18.9 Å². The summed E-state index contributed by atoms with van der Waals surface area (Å²) >= 11 is 0. The van der Waals surface area contributed by atoms with Crippen LogP contribution < -0.4 is 9.47 Å². The van der Waals surface area contributed by atoms with Gasteiger partial charge in [-0.25, -0.2) is 0 Å². The Bertz CT molecular complexity index is 468. The summed E-state index contributed by atoms with van der Waals surface area (Å²) in [5.41, 5.74) is 2.62. The summed E-state index contributed by atoms with van der Waals surface area (Å²) in [5.74, 6) is 1.63. The van der Waals surface area contributed by atoms with Crippen LogP contribution in [0.25, 0.3) is 6.08 Å². The third-order valence-corrected chi connectivity index (χ3v) is 3.69. The van der Waals surface area contributed by atoms with Gasteiger partial charge in [0.1, 0.15) is 0 Å². The summed E-state index contributed by atoms with van der Waals surface area (Å²) < 4.78 is 10.7. The molecule has 0 radical (unpaired) electrons. The van der Waals surface area contributed by atoms with Crippen molar-refractivity contribution in [3.63, 3.8) is 0 Å². The Morgan fingerprint density at radius 2 is 1.94 bits per heavy atom. The zero-order chi connectivity index (χ0) is 11.8. The highest BCUT2D eigenvalue weighted by Crippen LogP contribution is 2.42. The minimum atomic E-state index is 0.523. The molecule has 3 nitrogen and oxygen atoms in total. The Hall–Kier alpha value is -1.64. The largest absolute Gasteiger partial charge is 0.493 e. The van der Waals surface area contributed by atoms with Gasteiger partial charge in [0.2, 0.25) is 0 Å². The average molecular weight is 231 g/mol. The second kappa shape index (κ2) is 3.99. The molecule has 3 heteroatoms. The maximum absolute atomic E-state index is 5.38. The van der Waals surface area contributed by atoms with E-state index in [9.17, 15) is 0 Å². The fraction of sp³-hybridized carbons (Fsp3) is 0.429. The van der Waals surface area contributed by atoms with Crippen LogP contribution in [0, 0.1) is 0 Å². The molecule has 1 fully saturated rings. The van der Waals surface area contributed by atoms with Crippen LogP contribution in [0.1, 0.15) is 30.0 Å². The molecule has 2 aliphatic heterocycles. The van der Waals surface area contributed by atoms with E-state index in [1.807, 2.05) is 0 Å². The van der Waals surface area contributed by atoms with E-state index in [1.165, 1.54) is 24.0 Å². The van der Waals surface area contributed by atoms with Gasteiger partial charge >= 0.3 is 0 Å². The Labute approximate surface area is 102 Å². The van der Waals surface area contributed by atoms with E-state index in [2.05, 4.69) is 29.3 Å². The van der Waals surface area contributed by atoms with Crippen molar-refractivity contribution < 1.29 is 9.47 Å². The third kappa shape index (κ3) is 1.57. The summed E-state index contributed by atoms with van der Waals surface area (Å²) in [6, 6.07) is 4.72. The van der Waals surface area contributed by atoms with Gasteiger partial charge in [0.05, 0.1) is 20.3 Å². The van der Waals surface area contributed by atoms with Gasteiger partial charge in [0.15, 0.2) is 11.5 Å².